The quantitative estimate of drug-likeness (QED) is 0.471. The Hall–Kier alpha value is -1.42. The third-order valence-corrected chi connectivity index (χ3v) is 2.77. The zero-order valence-electron chi connectivity index (χ0n) is 8.59. The van der Waals surface area contributed by atoms with Crippen LogP contribution in [0.25, 0.3) is 5.57 Å². The van der Waals surface area contributed by atoms with Crippen molar-refractivity contribution >= 4 is 32.2 Å². The smallest absolute Gasteiger partial charge is 0.139 e. The first kappa shape index (κ1) is 9.15. The van der Waals surface area contributed by atoms with Gasteiger partial charge in [0.1, 0.15) is 15.7 Å². The van der Waals surface area contributed by atoms with Gasteiger partial charge in [-0.25, -0.2) is 0 Å². The molecule has 0 N–H and O–H groups in total. The lowest BCUT2D eigenvalue weighted by Gasteiger charge is -2.17. The number of benzene rings is 1. The van der Waals surface area contributed by atoms with Crippen LogP contribution < -0.4 is 10.9 Å². The molecule has 0 unspecified atom stereocenters. The van der Waals surface area contributed by atoms with Crippen LogP contribution in [-0.2, 0) is 6.42 Å². The second kappa shape index (κ2) is 3.38. The molecule has 0 spiro atoms. The number of allylic oxidation sites excluding steroid dienone is 2. The number of hydrogen-bond donors (Lipinski definition) is 0. The SMILES string of the molecule is Bc1cc(B)c2c(c1)C(C#N)=CCC2. The minimum Gasteiger partial charge on any atom is -0.192 e. The fraction of sp³-hybridized carbons (Fsp3) is 0.182. The molecule has 0 bridgehead atoms. The van der Waals surface area contributed by atoms with Crippen molar-refractivity contribution in [1.29, 1.82) is 5.26 Å². The summed E-state index contributed by atoms with van der Waals surface area (Å²) in [5, 5.41) is 9.00. The number of fused-ring (bicyclic) bond motifs is 1. The lowest BCUT2D eigenvalue weighted by Crippen LogP contribution is -2.22. The van der Waals surface area contributed by atoms with Gasteiger partial charge >= 0.3 is 0 Å². The molecule has 0 fully saturated rings. The van der Waals surface area contributed by atoms with E-state index in [0.717, 1.165) is 24.0 Å². The zero-order chi connectivity index (χ0) is 10.1. The second-order valence-corrected chi connectivity index (χ2v) is 3.88. The number of rotatable bonds is 0. The van der Waals surface area contributed by atoms with Gasteiger partial charge in [-0.15, -0.1) is 0 Å². The average Bonchev–Trinajstić information content (AvgIpc) is 2.17. The van der Waals surface area contributed by atoms with Crippen LogP contribution in [0, 0.1) is 11.3 Å². The topological polar surface area (TPSA) is 23.8 Å². The Morgan fingerprint density at radius 3 is 2.79 bits per heavy atom. The normalized spacial score (nSPS) is 14.1. The molecule has 1 aliphatic rings. The molecule has 1 nitrogen and oxygen atoms in total. The molecule has 1 aromatic carbocycles. The molecule has 0 amide bonds. The maximum atomic E-state index is 9.00. The molecule has 0 aromatic heterocycles. The third-order valence-electron chi connectivity index (χ3n) is 2.77. The van der Waals surface area contributed by atoms with E-state index in [2.05, 4.69) is 33.9 Å². The van der Waals surface area contributed by atoms with Crippen molar-refractivity contribution in [3.8, 4) is 6.07 Å². The molecular weight excluding hydrogens is 168 g/mol. The summed E-state index contributed by atoms with van der Waals surface area (Å²) in [6.45, 7) is 0. The fourth-order valence-corrected chi connectivity index (χ4v) is 2.15. The van der Waals surface area contributed by atoms with Crippen molar-refractivity contribution < 1.29 is 0 Å². The Kier molecular flexibility index (Phi) is 2.21. The highest BCUT2D eigenvalue weighted by Crippen LogP contribution is 2.23. The molecular formula is C11H11B2N. The van der Waals surface area contributed by atoms with E-state index in [-0.39, 0.29) is 0 Å². The molecule has 2 rings (SSSR count). The number of nitrogens with zero attached hydrogens (tertiary/aromatic N) is 1. The molecule has 0 atom stereocenters. The summed E-state index contributed by atoms with van der Waals surface area (Å²) >= 11 is 0. The summed E-state index contributed by atoms with van der Waals surface area (Å²) in [7, 11) is 4.21. The van der Waals surface area contributed by atoms with Crippen molar-refractivity contribution in [2.45, 2.75) is 12.8 Å². The van der Waals surface area contributed by atoms with E-state index in [1.54, 1.807) is 0 Å². The summed E-state index contributed by atoms with van der Waals surface area (Å²) in [6.07, 6.45) is 4.12. The average molecular weight is 179 g/mol. The van der Waals surface area contributed by atoms with Gasteiger partial charge in [-0.05, 0) is 24.0 Å². The maximum Gasteiger partial charge on any atom is 0.139 e. The van der Waals surface area contributed by atoms with Crippen LogP contribution in [0.15, 0.2) is 18.2 Å². The van der Waals surface area contributed by atoms with Gasteiger partial charge in [0.15, 0.2) is 0 Å². The summed E-state index contributed by atoms with van der Waals surface area (Å²) < 4.78 is 0. The molecule has 0 heterocycles. The molecule has 0 saturated heterocycles. The van der Waals surface area contributed by atoms with Crippen LogP contribution in [0.2, 0.25) is 0 Å². The predicted molar refractivity (Wildman–Crippen MR) is 64.7 cm³/mol. The maximum absolute atomic E-state index is 9.00. The standard InChI is InChI=1S/C11H11B2N/c12-8-4-10-7(6-14)2-1-3-9(10)11(13)5-8/h2,4-5H,1,3,12-13H2. The van der Waals surface area contributed by atoms with Gasteiger partial charge < -0.3 is 0 Å². The first-order valence-electron chi connectivity index (χ1n) is 4.93. The lowest BCUT2D eigenvalue weighted by atomic mass is 9.76. The highest BCUT2D eigenvalue weighted by molar-refractivity contribution is 6.39. The molecule has 66 valence electrons. The van der Waals surface area contributed by atoms with Crippen LogP contribution in [0.5, 0.6) is 0 Å². The molecule has 14 heavy (non-hydrogen) atoms. The molecule has 0 radical (unpaired) electrons. The Morgan fingerprint density at radius 2 is 2.07 bits per heavy atom. The Labute approximate surface area is 86.3 Å². The summed E-state index contributed by atoms with van der Waals surface area (Å²) in [5.74, 6) is 0. The van der Waals surface area contributed by atoms with Crippen LogP contribution in [-0.4, -0.2) is 15.7 Å². The minimum absolute atomic E-state index is 0.845. The van der Waals surface area contributed by atoms with E-state index >= 15 is 0 Å². The monoisotopic (exact) mass is 179 g/mol. The van der Waals surface area contributed by atoms with Gasteiger partial charge in [-0.2, -0.15) is 5.26 Å². The van der Waals surface area contributed by atoms with E-state index in [1.807, 2.05) is 6.08 Å². The largest absolute Gasteiger partial charge is 0.192 e. The van der Waals surface area contributed by atoms with Crippen LogP contribution >= 0.6 is 0 Å². The highest BCUT2D eigenvalue weighted by atomic mass is 14.3. The molecule has 0 aliphatic heterocycles. The fourth-order valence-electron chi connectivity index (χ4n) is 2.15. The summed E-state index contributed by atoms with van der Waals surface area (Å²) in [4.78, 5) is 0. The van der Waals surface area contributed by atoms with Gasteiger partial charge in [0, 0.05) is 0 Å². The Balaban J connectivity index is 2.67. The number of hydrogen-bond acceptors (Lipinski definition) is 1. The number of nitriles is 1. The second-order valence-electron chi connectivity index (χ2n) is 3.88. The zero-order valence-corrected chi connectivity index (χ0v) is 8.59. The van der Waals surface area contributed by atoms with Crippen LogP contribution in [0.1, 0.15) is 17.5 Å². The van der Waals surface area contributed by atoms with Crippen molar-refractivity contribution in [1.82, 2.24) is 0 Å². The van der Waals surface area contributed by atoms with Gasteiger partial charge in [-0.1, -0.05) is 29.1 Å². The first-order valence-corrected chi connectivity index (χ1v) is 4.93. The molecule has 1 aliphatic carbocycles. The van der Waals surface area contributed by atoms with Crippen LogP contribution in [0.3, 0.4) is 0 Å². The van der Waals surface area contributed by atoms with Crippen molar-refractivity contribution in [3.63, 3.8) is 0 Å². The third kappa shape index (κ3) is 1.37. The van der Waals surface area contributed by atoms with E-state index in [4.69, 9.17) is 5.26 Å². The highest BCUT2D eigenvalue weighted by Gasteiger charge is 2.13. The van der Waals surface area contributed by atoms with Gasteiger partial charge in [-0.3, -0.25) is 0 Å². The molecule has 0 saturated carbocycles. The van der Waals surface area contributed by atoms with E-state index in [1.165, 1.54) is 16.5 Å². The van der Waals surface area contributed by atoms with E-state index < -0.39 is 0 Å². The van der Waals surface area contributed by atoms with Crippen molar-refractivity contribution in [2.75, 3.05) is 0 Å². The predicted octanol–water partition coefficient (Wildman–Crippen LogP) is -0.943. The van der Waals surface area contributed by atoms with E-state index in [9.17, 15) is 0 Å². The van der Waals surface area contributed by atoms with Crippen molar-refractivity contribution in [3.05, 3.63) is 29.3 Å². The molecule has 1 aromatic rings. The van der Waals surface area contributed by atoms with Gasteiger partial charge in [0.05, 0.1) is 11.6 Å². The minimum atomic E-state index is 0.845. The summed E-state index contributed by atoms with van der Waals surface area (Å²) in [6, 6.07) is 6.59. The Bertz CT molecular complexity index is 455. The first-order chi connectivity index (χ1) is 6.72. The molecule has 3 heteroatoms. The van der Waals surface area contributed by atoms with Crippen molar-refractivity contribution in [2.24, 2.45) is 0 Å². The Morgan fingerprint density at radius 1 is 1.29 bits per heavy atom. The summed E-state index contributed by atoms with van der Waals surface area (Å²) in [5.41, 5.74) is 5.91. The lowest BCUT2D eigenvalue weighted by molar-refractivity contribution is 0.989. The van der Waals surface area contributed by atoms with E-state index in [0.29, 0.717) is 0 Å². The van der Waals surface area contributed by atoms with Crippen LogP contribution in [0.4, 0.5) is 0 Å². The van der Waals surface area contributed by atoms with Gasteiger partial charge in [0.2, 0.25) is 0 Å². The van der Waals surface area contributed by atoms with Gasteiger partial charge in [0.25, 0.3) is 0 Å².